The summed E-state index contributed by atoms with van der Waals surface area (Å²) in [5.41, 5.74) is -0.237. The van der Waals surface area contributed by atoms with E-state index in [1.54, 1.807) is 4.57 Å². The van der Waals surface area contributed by atoms with Gasteiger partial charge in [-0.05, 0) is 25.8 Å². The number of pyridine rings is 1. The molecule has 4 rings (SSSR count). The number of anilines is 1. The molecular weight excluding hydrogens is 353 g/mol. The minimum absolute atomic E-state index is 0.0442. The van der Waals surface area contributed by atoms with Crippen LogP contribution in [0.1, 0.15) is 36.2 Å². The fourth-order valence-corrected chi connectivity index (χ4v) is 3.87. The second-order valence-corrected chi connectivity index (χ2v) is 7.20. The molecule has 144 valence electrons. The Balaban J connectivity index is 2.06. The third-order valence-corrected chi connectivity index (χ3v) is 5.36. The molecule has 0 spiro atoms. The van der Waals surface area contributed by atoms with Crippen LogP contribution in [0.4, 0.5) is 10.1 Å². The summed E-state index contributed by atoms with van der Waals surface area (Å²) in [6, 6.07) is 1.31. The van der Waals surface area contributed by atoms with Gasteiger partial charge in [0.25, 0.3) is 0 Å². The van der Waals surface area contributed by atoms with Crippen molar-refractivity contribution in [3.8, 4) is 5.75 Å². The highest BCUT2D eigenvalue weighted by molar-refractivity contribution is 5.97. The molecule has 1 aliphatic carbocycles. The number of carbonyl (C=O) groups is 1. The number of aromatic nitrogens is 1. The number of fused-ring (bicyclic) bond motifs is 1. The number of aromatic carboxylic acids is 1. The van der Waals surface area contributed by atoms with Gasteiger partial charge in [0.15, 0.2) is 11.6 Å². The van der Waals surface area contributed by atoms with Gasteiger partial charge < -0.3 is 24.6 Å². The fourth-order valence-electron chi connectivity index (χ4n) is 3.87. The van der Waals surface area contributed by atoms with Gasteiger partial charge in [0.1, 0.15) is 11.3 Å². The molecule has 0 amide bonds. The third-order valence-electron chi connectivity index (χ3n) is 5.36. The minimum atomic E-state index is -1.31. The molecule has 7 nitrogen and oxygen atoms in total. The zero-order chi connectivity index (χ0) is 19.3. The molecule has 1 aromatic carbocycles. The molecule has 1 saturated carbocycles. The van der Waals surface area contributed by atoms with E-state index >= 15 is 4.39 Å². The number of methoxy groups -OCH3 is 1. The smallest absolute Gasteiger partial charge is 0.341 e. The second-order valence-electron chi connectivity index (χ2n) is 7.20. The molecule has 1 aliphatic heterocycles. The largest absolute Gasteiger partial charge is 0.492 e. The van der Waals surface area contributed by atoms with E-state index in [0.29, 0.717) is 30.0 Å². The monoisotopic (exact) mass is 375 g/mol. The second kappa shape index (κ2) is 6.53. The van der Waals surface area contributed by atoms with Crippen LogP contribution in [-0.2, 0) is 0 Å². The summed E-state index contributed by atoms with van der Waals surface area (Å²) < 4.78 is 22.5. The van der Waals surface area contributed by atoms with Crippen molar-refractivity contribution in [2.75, 3.05) is 31.6 Å². The normalized spacial score (nSPS) is 20.1. The minimum Gasteiger partial charge on any atom is -0.492 e. The van der Waals surface area contributed by atoms with Crippen molar-refractivity contribution in [3.63, 3.8) is 0 Å². The van der Waals surface area contributed by atoms with E-state index in [2.05, 4.69) is 5.32 Å². The van der Waals surface area contributed by atoms with Crippen molar-refractivity contribution in [1.82, 2.24) is 9.88 Å². The van der Waals surface area contributed by atoms with Crippen molar-refractivity contribution in [2.45, 2.75) is 31.8 Å². The topological polar surface area (TPSA) is 83.8 Å². The van der Waals surface area contributed by atoms with E-state index in [-0.39, 0.29) is 23.0 Å². The maximum absolute atomic E-state index is 15.1. The van der Waals surface area contributed by atoms with Crippen LogP contribution in [0, 0.1) is 5.82 Å². The summed E-state index contributed by atoms with van der Waals surface area (Å²) in [4.78, 5) is 26.1. The molecule has 0 radical (unpaired) electrons. The molecule has 27 heavy (non-hydrogen) atoms. The lowest BCUT2D eigenvalue weighted by atomic mass is 10.1. The number of hydrogen-bond donors (Lipinski definition) is 2. The van der Waals surface area contributed by atoms with Crippen molar-refractivity contribution >= 4 is 22.6 Å². The summed E-state index contributed by atoms with van der Waals surface area (Å²) in [5.74, 6) is -1.59. The van der Waals surface area contributed by atoms with Crippen molar-refractivity contribution in [3.05, 3.63) is 33.9 Å². The predicted molar refractivity (Wildman–Crippen MR) is 99.6 cm³/mol. The van der Waals surface area contributed by atoms with Crippen LogP contribution >= 0.6 is 0 Å². The number of piperazine rings is 1. The van der Waals surface area contributed by atoms with Gasteiger partial charge in [0, 0.05) is 37.9 Å². The lowest BCUT2D eigenvalue weighted by Crippen LogP contribution is -2.50. The van der Waals surface area contributed by atoms with Gasteiger partial charge in [-0.25, -0.2) is 9.18 Å². The van der Waals surface area contributed by atoms with E-state index in [1.165, 1.54) is 13.3 Å². The maximum Gasteiger partial charge on any atom is 0.341 e. The Kier molecular flexibility index (Phi) is 4.30. The molecule has 8 heteroatoms. The van der Waals surface area contributed by atoms with Gasteiger partial charge in [-0.1, -0.05) is 0 Å². The Morgan fingerprint density at radius 2 is 2.15 bits per heavy atom. The average Bonchev–Trinajstić information content (AvgIpc) is 3.47. The molecule has 2 N–H and O–H groups in total. The quantitative estimate of drug-likeness (QED) is 0.850. The van der Waals surface area contributed by atoms with Crippen LogP contribution in [0.5, 0.6) is 5.75 Å². The lowest BCUT2D eigenvalue weighted by Gasteiger charge is -2.37. The number of nitrogens with zero attached hydrogens (tertiary/aromatic N) is 2. The van der Waals surface area contributed by atoms with Crippen LogP contribution in [0.2, 0.25) is 0 Å². The number of carboxylic acid groups (broad SMARTS) is 1. The number of benzene rings is 1. The standard InChI is InChI=1S/C19H22FN3O4/c1-10-8-21-5-6-22(10)16-14(20)7-12-15(18(16)27-2)23(11-3-4-11)9-13(17(12)24)19(25)26/h7,9-11,21H,3-6,8H2,1-2H3,(H,25,26). The molecular formula is C19H22FN3O4. The zero-order valence-electron chi connectivity index (χ0n) is 15.3. The van der Waals surface area contributed by atoms with Crippen molar-refractivity contribution in [1.29, 1.82) is 0 Å². The van der Waals surface area contributed by atoms with Crippen LogP contribution in [-0.4, -0.2) is 48.4 Å². The fraction of sp³-hybridized carbons (Fsp3) is 0.474. The lowest BCUT2D eigenvalue weighted by molar-refractivity contribution is 0.0695. The Morgan fingerprint density at radius 1 is 1.41 bits per heavy atom. The average molecular weight is 375 g/mol. The highest BCUT2D eigenvalue weighted by Crippen LogP contribution is 2.44. The number of hydrogen-bond acceptors (Lipinski definition) is 5. The zero-order valence-corrected chi connectivity index (χ0v) is 15.3. The highest BCUT2D eigenvalue weighted by Gasteiger charge is 2.32. The summed E-state index contributed by atoms with van der Waals surface area (Å²) in [6.07, 6.45) is 3.14. The van der Waals surface area contributed by atoms with Crippen LogP contribution in [0.25, 0.3) is 10.9 Å². The van der Waals surface area contributed by atoms with E-state index in [9.17, 15) is 14.7 Å². The number of rotatable bonds is 4. The van der Waals surface area contributed by atoms with Crippen LogP contribution < -0.4 is 20.4 Å². The van der Waals surface area contributed by atoms with Gasteiger partial charge in [-0.3, -0.25) is 4.79 Å². The Morgan fingerprint density at radius 3 is 2.74 bits per heavy atom. The Hall–Kier alpha value is -2.61. The molecule has 2 fully saturated rings. The van der Waals surface area contributed by atoms with Crippen molar-refractivity contribution < 1.29 is 19.0 Å². The summed E-state index contributed by atoms with van der Waals surface area (Å²) in [6.45, 7) is 4.05. The molecule has 1 aromatic heterocycles. The molecule has 2 aromatic rings. The number of ether oxygens (including phenoxy) is 1. The SMILES string of the molecule is COc1c(N2CCNCC2C)c(F)cc2c(=O)c(C(=O)O)cn(C3CC3)c12. The molecule has 1 saturated heterocycles. The van der Waals surface area contributed by atoms with E-state index in [4.69, 9.17) is 4.74 Å². The van der Waals surface area contributed by atoms with Gasteiger partial charge in [0.2, 0.25) is 5.43 Å². The van der Waals surface area contributed by atoms with Gasteiger partial charge in [-0.2, -0.15) is 0 Å². The Labute approximate surface area is 155 Å². The first-order chi connectivity index (χ1) is 12.9. The first-order valence-electron chi connectivity index (χ1n) is 9.10. The first-order valence-corrected chi connectivity index (χ1v) is 9.10. The summed E-state index contributed by atoms with van der Waals surface area (Å²) >= 11 is 0. The Bertz CT molecular complexity index is 983. The van der Waals surface area contributed by atoms with E-state index < -0.39 is 17.2 Å². The van der Waals surface area contributed by atoms with Crippen LogP contribution in [0.15, 0.2) is 17.1 Å². The maximum atomic E-state index is 15.1. The molecule has 2 heterocycles. The van der Waals surface area contributed by atoms with Gasteiger partial charge >= 0.3 is 5.97 Å². The third kappa shape index (κ3) is 2.84. The van der Waals surface area contributed by atoms with E-state index in [1.807, 2.05) is 11.8 Å². The number of halogens is 1. The summed E-state index contributed by atoms with van der Waals surface area (Å²) in [7, 11) is 1.46. The van der Waals surface area contributed by atoms with Gasteiger partial charge in [0.05, 0.1) is 18.0 Å². The molecule has 2 aliphatic rings. The predicted octanol–water partition coefficient (Wildman–Crippen LogP) is 1.98. The van der Waals surface area contributed by atoms with Crippen molar-refractivity contribution in [2.24, 2.45) is 0 Å². The molecule has 1 atom stereocenters. The number of carboxylic acids is 1. The van der Waals surface area contributed by atoms with Crippen LogP contribution in [0.3, 0.4) is 0 Å². The van der Waals surface area contributed by atoms with E-state index in [0.717, 1.165) is 25.5 Å². The number of nitrogens with one attached hydrogen (secondary N) is 1. The highest BCUT2D eigenvalue weighted by atomic mass is 19.1. The summed E-state index contributed by atoms with van der Waals surface area (Å²) in [5, 5.41) is 12.7. The molecule has 0 bridgehead atoms. The van der Waals surface area contributed by atoms with Gasteiger partial charge in [-0.15, -0.1) is 0 Å². The molecule has 1 unspecified atom stereocenters. The first kappa shape index (κ1) is 17.8.